The molecule has 0 radical (unpaired) electrons. The number of hydrogen-bond donors (Lipinski definition) is 2. The maximum absolute atomic E-state index is 4.74. The van der Waals surface area contributed by atoms with Gasteiger partial charge in [-0.15, -0.1) is 0 Å². The van der Waals surface area contributed by atoms with Crippen LogP contribution in [0.1, 0.15) is 17.1 Å². The first kappa shape index (κ1) is 12.3. The molecule has 1 aromatic carbocycles. The molecule has 3 heterocycles. The van der Waals surface area contributed by atoms with E-state index in [-0.39, 0.29) is 0 Å². The molecular formula is C16H17N5. The Morgan fingerprint density at radius 3 is 2.86 bits per heavy atom. The van der Waals surface area contributed by atoms with Crippen molar-refractivity contribution in [1.82, 2.24) is 25.1 Å². The van der Waals surface area contributed by atoms with Crippen LogP contribution in [0.25, 0.3) is 17.1 Å². The average Bonchev–Trinajstić information content (AvgIpc) is 3.11. The van der Waals surface area contributed by atoms with Crippen LogP contribution in [0.4, 0.5) is 0 Å². The normalized spacial score (nSPS) is 14.1. The van der Waals surface area contributed by atoms with Crippen LogP contribution in [-0.2, 0) is 13.0 Å². The minimum absolute atomic E-state index is 0.869. The molecule has 0 atom stereocenters. The quantitative estimate of drug-likeness (QED) is 0.756. The molecule has 0 fully saturated rings. The molecule has 0 amide bonds. The van der Waals surface area contributed by atoms with Crippen molar-refractivity contribution < 1.29 is 0 Å². The van der Waals surface area contributed by atoms with Gasteiger partial charge in [0, 0.05) is 19.5 Å². The molecule has 106 valence electrons. The molecule has 5 heteroatoms. The fraction of sp³-hybridized carbons (Fsp3) is 0.250. The van der Waals surface area contributed by atoms with Crippen LogP contribution in [0, 0.1) is 6.92 Å². The van der Waals surface area contributed by atoms with Gasteiger partial charge in [0.15, 0.2) is 0 Å². The van der Waals surface area contributed by atoms with Gasteiger partial charge in [-0.25, -0.2) is 9.67 Å². The molecule has 0 spiro atoms. The van der Waals surface area contributed by atoms with Gasteiger partial charge in [0.05, 0.1) is 34.5 Å². The predicted octanol–water partition coefficient (Wildman–Crippen LogP) is 2.22. The second-order valence-corrected chi connectivity index (χ2v) is 5.33. The maximum atomic E-state index is 4.74. The summed E-state index contributed by atoms with van der Waals surface area (Å²) in [5.41, 5.74) is 5.60. The third-order valence-electron chi connectivity index (χ3n) is 3.97. The maximum Gasteiger partial charge on any atom is 0.141 e. The van der Waals surface area contributed by atoms with Crippen LogP contribution < -0.4 is 5.32 Å². The largest absolute Gasteiger partial charge is 0.340 e. The molecule has 5 nitrogen and oxygen atoms in total. The minimum Gasteiger partial charge on any atom is -0.340 e. The summed E-state index contributed by atoms with van der Waals surface area (Å²) in [6.45, 7) is 3.95. The van der Waals surface area contributed by atoms with E-state index in [2.05, 4.69) is 34.5 Å². The summed E-state index contributed by atoms with van der Waals surface area (Å²) in [6, 6.07) is 10.2. The molecule has 0 aliphatic carbocycles. The minimum atomic E-state index is 0.869. The SMILES string of the molecule is Cc1c(-c2nc3c([nH]2)CNCC3)cnn1-c1ccccc1. The standard InChI is InChI=1S/C16H17N5/c1-11-13(9-18-21(11)12-5-3-2-4-6-12)16-19-14-7-8-17-10-15(14)20-16/h2-6,9,17H,7-8,10H2,1H3,(H,19,20). The predicted molar refractivity (Wildman–Crippen MR) is 81.3 cm³/mol. The van der Waals surface area contributed by atoms with Gasteiger partial charge < -0.3 is 10.3 Å². The highest BCUT2D eigenvalue weighted by atomic mass is 15.3. The highest BCUT2D eigenvalue weighted by Gasteiger charge is 2.18. The Hall–Kier alpha value is -2.40. The van der Waals surface area contributed by atoms with Crippen molar-refractivity contribution in [3.05, 3.63) is 53.6 Å². The summed E-state index contributed by atoms with van der Waals surface area (Å²) in [6.07, 6.45) is 2.87. The summed E-state index contributed by atoms with van der Waals surface area (Å²) < 4.78 is 1.95. The van der Waals surface area contributed by atoms with Gasteiger partial charge in [0.1, 0.15) is 5.82 Å². The number of H-pyrrole nitrogens is 1. The smallest absolute Gasteiger partial charge is 0.141 e. The Morgan fingerprint density at radius 1 is 1.19 bits per heavy atom. The van der Waals surface area contributed by atoms with Gasteiger partial charge in [-0.3, -0.25) is 0 Å². The number of hydrogen-bond acceptors (Lipinski definition) is 3. The molecule has 4 rings (SSSR count). The Morgan fingerprint density at radius 2 is 2.05 bits per heavy atom. The van der Waals surface area contributed by atoms with Crippen LogP contribution >= 0.6 is 0 Å². The third-order valence-corrected chi connectivity index (χ3v) is 3.97. The molecular weight excluding hydrogens is 262 g/mol. The number of fused-ring (bicyclic) bond motifs is 1. The van der Waals surface area contributed by atoms with E-state index in [1.807, 2.05) is 29.1 Å². The van der Waals surface area contributed by atoms with E-state index in [1.165, 1.54) is 11.4 Å². The molecule has 2 N–H and O–H groups in total. The topological polar surface area (TPSA) is 58.5 Å². The van der Waals surface area contributed by atoms with Crippen molar-refractivity contribution >= 4 is 0 Å². The Kier molecular flexibility index (Phi) is 2.86. The highest BCUT2D eigenvalue weighted by molar-refractivity contribution is 5.59. The molecule has 0 bridgehead atoms. The van der Waals surface area contributed by atoms with Crippen molar-refractivity contribution in [2.75, 3.05) is 6.54 Å². The molecule has 1 aliphatic rings. The third kappa shape index (κ3) is 2.06. The van der Waals surface area contributed by atoms with E-state index < -0.39 is 0 Å². The lowest BCUT2D eigenvalue weighted by molar-refractivity contribution is 0.627. The van der Waals surface area contributed by atoms with Crippen LogP contribution in [0.15, 0.2) is 36.5 Å². The van der Waals surface area contributed by atoms with Gasteiger partial charge in [-0.1, -0.05) is 18.2 Å². The molecule has 21 heavy (non-hydrogen) atoms. The highest BCUT2D eigenvalue weighted by Crippen LogP contribution is 2.24. The number of imidazole rings is 1. The summed E-state index contributed by atoms with van der Waals surface area (Å²) in [7, 11) is 0. The second kappa shape index (κ2) is 4.86. The lowest BCUT2D eigenvalue weighted by Gasteiger charge is -2.09. The summed E-state index contributed by atoms with van der Waals surface area (Å²) in [5, 5.41) is 7.87. The Labute approximate surface area is 123 Å². The number of benzene rings is 1. The average molecular weight is 279 g/mol. The second-order valence-electron chi connectivity index (χ2n) is 5.33. The van der Waals surface area contributed by atoms with Gasteiger partial charge in [-0.05, 0) is 19.1 Å². The molecule has 3 aromatic rings. The first-order valence-electron chi connectivity index (χ1n) is 7.22. The van der Waals surface area contributed by atoms with Crippen molar-refractivity contribution in [3.8, 4) is 17.1 Å². The molecule has 0 unspecified atom stereocenters. The molecule has 2 aromatic heterocycles. The zero-order valence-corrected chi connectivity index (χ0v) is 11.9. The number of nitrogens with zero attached hydrogens (tertiary/aromatic N) is 3. The van der Waals surface area contributed by atoms with Crippen LogP contribution in [0.5, 0.6) is 0 Å². The molecule has 0 saturated heterocycles. The first-order chi connectivity index (χ1) is 10.3. The molecule has 0 saturated carbocycles. The lowest BCUT2D eigenvalue weighted by Crippen LogP contribution is -2.23. The van der Waals surface area contributed by atoms with Gasteiger partial charge in [-0.2, -0.15) is 5.10 Å². The van der Waals surface area contributed by atoms with Crippen molar-refractivity contribution in [2.24, 2.45) is 0 Å². The summed E-state index contributed by atoms with van der Waals surface area (Å²) in [4.78, 5) is 8.17. The summed E-state index contributed by atoms with van der Waals surface area (Å²) >= 11 is 0. The van der Waals surface area contributed by atoms with Crippen molar-refractivity contribution in [3.63, 3.8) is 0 Å². The monoisotopic (exact) mass is 279 g/mol. The van der Waals surface area contributed by atoms with Crippen LogP contribution in [-0.4, -0.2) is 26.3 Å². The zero-order valence-electron chi connectivity index (χ0n) is 11.9. The van der Waals surface area contributed by atoms with E-state index in [0.29, 0.717) is 0 Å². The molecule has 1 aliphatic heterocycles. The number of rotatable bonds is 2. The van der Waals surface area contributed by atoms with Gasteiger partial charge in [0.25, 0.3) is 0 Å². The van der Waals surface area contributed by atoms with E-state index in [9.17, 15) is 0 Å². The van der Waals surface area contributed by atoms with Crippen LogP contribution in [0.3, 0.4) is 0 Å². The van der Waals surface area contributed by atoms with E-state index >= 15 is 0 Å². The van der Waals surface area contributed by atoms with Crippen molar-refractivity contribution in [1.29, 1.82) is 0 Å². The zero-order chi connectivity index (χ0) is 14.2. The first-order valence-corrected chi connectivity index (χ1v) is 7.22. The number of para-hydroxylation sites is 1. The number of nitrogens with one attached hydrogen (secondary N) is 2. The Bertz CT molecular complexity index is 746. The van der Waals surface area contributed by atoms with Gasteiger partial charge >= 0.3 is 0 Å². The number of aromatic amines is 1. The summed E-state index contributed by atoms with van der Waals surface area (Å²) in [5.74, 6) is 0.920. The van der Waals surface area contributed by atoms with Crippen LogP contribution in [0.2, 0.25) is 0 Å². The van der Waals surface area contributed by atoms with E-state index in [4.69, 9.17) is 4.98 Å². The van der Waals surface area contributed by atoms with Crippen molar-refractivity contribution in [2.45, 2.75) is 19.9 Å². The fourth-order valence-electron chi connectivity index (χ4n) is 2.82. The Balaban J connectivity index is 1.77. The van der Waals surface area contributed by atoms with E-state index in [1.54, 1.807) is 0 Å². The lowest BCUT2D eigenvalue weighted by atomic mass is 10.2. The fourth-order valence-corrected chi connectivity index (χ4v) is 2.82. The van der Waals surface area contributed by atoms with Gasteiger partial charge in [0.2, 0.25) is 0 Å². The number of aromatic nitrogens is 4. The van der Waals surface area contributed by atoms with E-state index in [0.717, 1.165) is 42.3 Å².